The molecule has 2 aromatic rings. The Kier molecular flexibility index (Phi) is 30.2. The first-order chi connectivity index (χ1) is 24.8. The molecule has 0 aliphatic carbocycles. The molecular weight excluding hydrogens is 609 g/mol. The molecule has 0 aromatic heterocycles. The van der Waals surface area contributed by atoms with Crippen molar-refractivity contribution in [2.75, 3.05) is 13.2 Å². The average molecular weight is 691 g/mol. The van der Waals surface area contributed by atoms with E-state index in [2.05, 4.69) is 62.4 Å². The van der Waals surface area contributed by atoms with E-state index in [1.165, 1.54) is 204 Å². The standard InChI is InChI=1S/C48H82O2/c1-3-5-7-9-11-13-15-17-19-21-23-25-29-35-45-37-33-39-47(43-45)49-41-31-27-28-32-42-50-48-40-34-38-46(44-48)36-30-26-24-22-20-18-16-14-12-10-8-6-4-2/h33-34,37-40,43-44H,3-32,35-36,41-42H2,1-2H3. The number of hydrogen-bond donors (Lipinski definition) is 0. The molecule has 0 atom stereocenters. The van der Waals surface area contributed by atoms with Gasteiger partial charge in [-0.25, -0.2) is 0 Å². The molecule has 0 aliphatic heterocycles. The van der Waals surface area contributed by atoms with Gasteiger partial charge in [-0.1, -0.05) is 192 Å². The van der Waals surface area contributed by atoms with Crippen molar-refractivity contribution in [1.29, 1.82) is 0 Å². The van der Waals surface area contributed by atoms with Crippen LogP contribution in [0.4, 0.5) is 0 Å². The quantitative estimate of drug-likeness (QED) is 0.0657. The van der Waals surface area contributed by atoms with Crippen LogP contribution in [0, 0.1) is 0 Å². The number of ether oxygens (including phenoxy) is 2. The van der Waals surface area contributed by atoms with Crippen LogP contribution >= 0.6 is 0 Å². The van der Waals surface area contributed by atoms with Gasteiger partial charge in [-0.3, -0.25) is 0 Å². The molecule has 0 heterocycles. The van der Waals surface area contributed by atoms with Crippen molar-refractivity contribution in [3.05, 3.63) is 59.7 Å². The predicted molar refractivity (Wildman–Crippen MR) is 221 cm³/mol. The van der Waals surface area contributed by atoms with E-state index >= 15 is 0 Å². The van der Waals surface area contributed by atoms with E-state index in [4.69, 9.17) is 9.47 Å². The molecule has 0 aliphatic rings. The zero-order valence-corrected chi connectivity index (χ0v) is 33.5. The second kappa shape index (κ2) is 34.1. The number of rotatable bonds is 37. The maximum Gasteiger partial charge on any atom is 0.119 e. The first-order valence-electron chi connectivity index (χ1n) is 22.2. The van der Waals surface area contributed by atoms with E-state index in [1.54, 1.807) is 0 Å². The molecule has 286 valence electrons. The fourth-order valence-corrected chi connectivity index (χ4v) is 7.21. The Balaban J connectivity index is 1.38. The Morgan fingerprint density at radius 2 is 0.600 bits per heavy atom. The highest BCUT2D eigenvalue weighted by atomic mass is 16.5. The van der Waals surface area contributed by atoms with Gasteiger partial charge in [-0.15, -0.1) is 0 Å². The number of benzene rings is 2. The fourth-order valence-electron chi connectivity index (χ4n) is 7.21. The summed E-state index contributed by atoms with van der Waals surface area (Å²) in [6, 6.07) is 17.6. The lowest BCUT2D eigenvalue weighted by molar-refractivity contribution is 0.287. The summed E-state index contributed by atoms with van der Waals surface area (Å²) in [5, 5.41) is 0. The van der Waals surface area contributed by atoms with Gasteiger partial charge >= 0.3 is 0 Å². The molecule has 0 radical (unpaired) electrons. The SMILES string of the molecule is CCCCCCCCCCCCCCCc1cccc(OCCCCCCOc2cccc(CCCCCCCCCCCCCCC)c2)c1. The van der Waals surface area contributed by atoms with Gasteiger partial charge in [0.05, 0.1) is 13.2 Å². The summed E-state index contributed by atoms with van der Waals surface area (Å²) >= 11 is 0. The van der Waals surface area contributed by atoms with E-state index in [-0.39, 0.29) is 0 Å². The van der Waals surface area contributed by atoms with Crippen molar-refractivity contribution in [1.82, 2.24) is 0 Å². The van der Waals surface area contributed by atoms with E-state index < -0.39 is 0 Å². The third-order valence-corrected chi connectivity index (χ3v) is 10.5. The number of unbranched alkanes of at least 4 members (excludes halogenated alkanes) is 27. The van der Waals surface area contributed by atoms with Gasteiger partial charge in [0.1, 0.15) is 11.5 Å². The van der Waals surface area contributed by atoms with Crippen molar-refractivity contribution in [2.24, 2.45) is 0 Å². The molecule has 0 unspecified atom stereocenters. The smallest absolute Gasteiger partial charge is 0.119 e. The molecule has 2 heteroatoms. The van der Waals surface area contributed by atoms with E-state index in [0.29, 0.717) is 0 Å². The first kappa shape index (κ1) is 44.2. The van der Waals surface area contributed by atoms with Crippen molar-refractivity contribution >= 4 is 0 Å². The first-order valence-corrected chi connectivity index (χ1v) is 22.2. The van der Waals surface area contributed by atoms with Gasteiger partial charge in [0.2, 0.25) is 0 Å². The van der Waals surface area contributed by atoms with Crippen LogP contribution in [0.2, 0.25) is 0 Å². The highest BCUT2D eigenvalue weighted by Gasteiger charge is 2.02. The molecule has 0 amide bonds. The van der Waals surface area contributed by atoms with Crippen LogP contribution in [0.3, 0.4) is 0 Å². The Labute approximate surface area is 312 Å². The van der Waals surface area contributed by atoms with E-state index in [1.807, 2.05) is 0 Å². The van der Waals surface area contributed by atoms with Crippen LogP contribution in [0.25, 0.3) is 0 Å². The summed E-state index contributed by atoms with van der Waals surface area (Å²) in [6.07, 6.45) is 43.7. The van der Waals surface area contributed by atoms with Crippen LogP contribution in [0.5, 0.6) is 11.5 Å². The molecule has 0 fully saturated rings. The lowest BCUT2D eigenvalue weighted by Gasteiger charge is -2.10. The second-order valence-electron chi connectivity index (χ2n) is 15.4. The minimum atomic E-state index is 0.810. The molecule has 0 saturated carbocycles. The minimum Gasteiger partial charge on any atom is -0.494 e. The van der Waals surface area contributed by atoms with E-state index in [9.17, 15) is 0 Å². The van der Waals surface area contributed by atoms with Gasteiger partial charge in [-0.05, 0) is 86.8 Å². The largest absolute Gasteiger partial charge is 0.494 e. The average Bonchev–Trinajstić information content (AvgIpc) is 3.13. The third kappa shape index (κ3) is 26.8. The lowest BCUT2D eigenvalue weighted by Crippen LogP contribution is -2.00. The van der Waals surface area contributed by atoms with Crippen LogP contribution in [-0.2, 0) is 12.8 Å². The summed E-state index contributed by atoms with van der Waals surface area (Å²) in [5.74, 6) is 2.08. The topological polar surface area (TPSA) is 18.5 Å². The van der Waals surface area contributed by atoms with Gasteiger partial charge < -0.3 is 9.47 Å². The molecule has 50 heavy (non-hydrogen) atoms. The van der Waals surface area contributed by atoms with Gasteiger partial charge in [0.15, 0.2) is 0 Å². The van der Waals surface area contributed by atoms with Gasteiger partial charge in [0.25, 0.3) is 0 Å². The van der Waals surface area contributed by atoms with Crippen LogP contribution in [0.15, 0.2) is 48.5 Å². The molecule has 0 N–H and O–H groups in total. The Morgan fingerprint density at radius 1 is 0.320 bits per heavy atom. The summed E-state index contributed by atoms with van der Waals surface area (Å²) in [5.41, 5.74) is 2.85. The number of hydrogen-bond acceptors (Lipinski definition) is 2. The van der Waals surface area contributed by atoms with Crippen molar-refractivity contribution in [3.63, 3.8) is 0 Å². The molecule has 0 saturated heterocycles. The maximum absolute atomic E-state index is 6.11. The zero-order valence-electron chi connectivity index (χ0n) is 33.5. The van der Waals surface area contributed by atoms with Gasteiger partial charge in [0, 0.05) is 0 Å². The van der Waals surface area contributed by atoms with Crippen LogP contribution in [0.1, 0.15) is 218 Å². The molecule has 2 nitrogen and oxygen atoms in total. The highest BCUT2D eigenvalue weighted by molar-refractivity contribution is 5.29. The molecular formula is C48H82O2. The Morgan fingerprint density at radius 3 is 0.920 bits per heavy atom. The maximum atomic E-state index is 6.11. The van der Waals surface area contributed by atoms with Crippen molar-refractivity contribution < 1.29 is 9.47 Å². The lowest BCUT2D eigenvalue weighted by atomic mass is 10.0. The summed E-state index contributed by atoms with van der Waals surface area (Å²) in [7, 11) is 0. The summed E-state index contributed by atoms with van der Waals surface area (Å²) < 4.78 is 12.2. The third-order valence-electron chi connectivity index (χ3n) is 10.5. The van der Waals surface area contributed by atoms with Crippen LogP contribution in [-0.4, -0.2) is 13.2 Å². The fraction of sp³-hybridized carbons (Fsp3) is 0.750. The van der Waals surface area contributed by atoms with E-state index in [0.717, 1.165) is 37.6 Å². The van der Waals surface area contributed by atoms with Crippen molar-refractivity contribution in [3.8, 4) is 11.5 Å². The normalized spacial score (nSPS) is 11.3. The molecule has 2 rings (SSSR count). The summed E-state index contributed by atoms with van der Waals surface area (Å²) in [6.45, 7) is 6.22. The van der Waals surface area contributed by atoms with Crippen LogP contribution < -0.4 is 9.47 Å². The van der Waals surface area contributed by atoms with Gasteiger partial charge in [-0.2, -0.15) is 0 Å². The Bertz CT molecular complexity index is 904. The second-order valence-corrected chi connectivity index (χ2v) is 15.4. The monoisotopic (exact) mass is 691 g/mol. The van der Waals surface area contributed by atoms with Crippen molar-refractivity contribution in [2.45, 2.75) is 219 Å². The summed E-state index contributed by atoms with van der Waals surface area (Å²) in [4.78, 5) is 0. The predicted octanol–water partition coefficient (Wildman–Crippen LogP) is 16.0. The zero-order chi connectivity index (χ0) is 35.4. The molecule has 2 aromatic carbocycles. The Hall–Kier alpha value is -1.96. The number of aryl methyl sites for hydroxylation is 2. The molecule has 0 bridgehead atoms. The highest BCUT2D eigenvalue weighted by Crippen LogP contribution is 2.20. The molecule has 0 spiro atoms. The minimum absolute atomic E-state index is 0.810.